The molecule has 1 heterocycles. The Labute approximate surface area is 130 Å². The van der Waals surface area contributed by atoms with Crippen LogP contribution >= 0.6 is 11.3 Å². The number of hydrogen-bond donors (Lipinski definition) is 0. The van der Waals surface area contributed by atoms with E-state index in [2.05, 4.69) is 25.1 Å². The maximum Gasteiger partial charge on any atom is 0.119 e. The minimum absolute atomic E-state index is 0.612. The molecule has 2 nitrogen and oxygen atoms in total. The second kappa shape index (κ2) is 8.28. The average molecular weight is 297 g/mol. The second-order valence-electron chi connectivity index (χ2n) is 4.72. The van der Waals surface area contributed by atoms with Gasteiger partial charge in [-0.15, -0.1) is 11.3 Å². The van der Waals surface area contributed by atoms with Crippen LogP contribution in [0.1, 0.15) is 31.1 Å². The van der Waals surface area contributed by atoms with Crippen LogP contribution in [0.15, 0.2) is 48.6 Å². The van der Waals surface area contributed by atoms with Crippen LogP contribution in [0.4, 0.5) is 0 Å². The van der Waals surface area contributed by atoms with E-state index in [4.69, 9.17) is 10.00 Å². The fourth-order valence-corrected chi connectivity index (χ4v) is 2.73. The molecule has 0 amide bonds. The SMILES string of the molecule is CCCC/C=C/COc1ccc(-c2ccc(C#N)s2)cc1. The molecule has 0 bridgehead atoms. The van der Waals surface area contributed by atoms with Crippen LogP contribution in [0.25, 0.3) is 10.4 Å². The Hall–Kier alpha value is -2.05. The lowest BCUT2D eigenvalue weighted by atomic mass is 10.2. The van der Waals surface area contributed by atoms with Crippen molar-refractivity contribution in [1.82, 2.24) is 0 Å². The van der Waals surface area contributed by atoms with Gasteiger partial charge in [0.15, 0.2) is 0 Å². The van der Waals surface area contributed by atoms with Crippen molar-refractivity contribution in [3.05, 3.63) is 53.4 Å². The van der Waals surface area contributed by atoms with E-state index >= 15 is 0 Å². The normalized spacial score (nSPS) is 10.7. The molecule has 0 spiro atoms. The zero-order valence-electron chi connectivity index (χ0n) is 12.2. The van der Waals surface area contributed by atoms with E-state index in [1.165, 1.54) is 24.2 Å². The van der Waals surface area contributed by atoms with Gasteiger partial charge in [-0.1, -0.05) is 31.9 Å². The van der Waals surface area contributed by atoms with E-state index in [1.54, 1.807) is 0 Å². The molecule has 0 aliphatic rings. The van der Waals surface area contributed by atoms with E-state index in [-0.39, 0.29) is 0 Å². The fraction of sp³-hybridized carbons (Fsp3) is 0.278. The molecule has 0 saturated carbocycles. The molecule has 2 aromatic rings. The predicted molar refractivity (Wildman–Crippen MR) is 88.6 cm³/mol. The van der Waals surface area contributed by atoms with E-state index < -0.39 is 0 Å². The molecule has 0 unspecified atom stereocenters. The van der Waals surface area contributed by atoms with Gasteiger partial charge in [-0.05, 0) is 48.4 Å². The smallest absolute Gasteiger partial charge is 0.119 e. The highest BCUT2D eigenvalue weighted by Crippen LogP contribution is 2.28. The van der Waals surface area contributed by atoms with E-state index in [9.17, 15) is 0 Å². The largest absolute Gasteiger partial charge is 0.490 e. The summed E-state index contributed by atoms with van der Waals surface area (Å²) in [5, 5.41) is 8.85. The van der Waals surface area contributed by atoms with Crippen molar-refractivity contribution in [3.8, 4) is 22.3 Å². The molecule has 0 aliphatic carbocycles. The number of allylic oxidation sites excluding steroid dienone is 1. The topological polar surface area (TPSA) is 33.0 Å². The Morgan fingerprint density at radius 1 is 1.14 bits per heavy atom. The zero-order chi connectivity index (χ0) is 14.9. The van der Waals surface area contributed by atoms with Crippen LogP contribution in [0.5, 0.6) is 5.75 Å². The number of ether oxygens (including phenoxy) is 1. The summed E-state index contributed by atoms with van der Waals surface area (Å²) in [5.41, 5.74) is 1.12. The number of benzene rings is 1. The van der Waals surface area contributed by atoms with Gasteiger partial charge in [0, 0.05) is 4.88 Å². The summed E-state index contributed by atoms with van der Waals surface area (Å²) in [6, 6.07) is 14.0. The molecule has 21 heavy (non-hydrogen) atoms. The molecule has 0 aliphatic heterocycles. The minimum Gasteiger partial charge on any atom is -0.490 e. The van der Waals surface area contributed by atoms with Crippen LogP contribution < -0.4 is 4.74 Å². The van der Waals surface area contributed by atoms with E-state index in [1.807, 2.05) is 36.4 Å². The quantitative estimate of drug-likeness (QED) is 0.505. The van der Waals surface area contributed by atoms with Gasteiger partial charge in [0.05, 0.1) is 0 Å². The molecular formula is C18H19NOS. The van der Waals surface area contributed by atoms with Gasteiger partial charge < -0.3 is 4.74 Å². The summed E-state index contributed by atoms with van der Waals surface area (Å²) in [6.45, 7) is 2.81. The first kappa shape index (κ1) is 15.3. The van der Waals surface area contributed by atoms with Crippen LogP contribution in [0, 0.1) is 11.3 Å². The molecule has 1 aromatic carbocycles. The van der Waals surface area contributed by atoms with Gasteiger partial charge in [0.25, 0.3) is 0 Å². The molecule has 0 fully saturated rings. The van der Waals surface area contributed by atoms with E-state index in [0.29, 0.717) is 6.61 Å². The van der Waals surface area contributed by atoms with Crippen molar-refractivity contribution in [1.29, 1.82) is 5.26 Å². The maximum atomic E-state index is 8.85. The van der Waals surface area contributed by atoms with Gasteiger partial charge in [-0.25, -0.2) is 0 Å². The number of nitriles is 1. The first-order valence-electron chi connectivity index (χ1n) is 7.21. The molecule has 3 heteroatoms. The fourth-order valence-electron chi connectivity index (χ4n) is 1.92. The number of nitrogens with zero attached hydrogens (tertiary/aromatic N) is 1. The average Bonchev–Trinajstić information content (AvgIpc) is 3.00. The monoisotopic (exact) mass is 297 g/mol. The highest BCUT2D eigenvalue weighted by atomic mass is 32.1. The van der Waals surface area contributed by atoms with Crippen molar-refractivity contribution in [3.63, 3.8) is 0 Å². The number of rotatable bonds is 7. The van der Waals surface area contributed by atoms with Crippen LogP contribution in [-0.2, 0) is 0 Å². The summed E-state index contributed by atoms with van der Waals surface area (Å²) >= 11 is 1.51. The van der Waals surface area contributed by atoms with Gasteiger partial charge >= 0.3 is 0 Å². The first-order valence-corrected chi connectivity index (χ1v) is 8.03. The molecule has 0 saturated heterocycles. The molecule has 108 valence electrons. The van der Waals surface area contributed by atoms with Crippen molar-refractivity contribution in [2.75, 3.05) is 6.61 Å². The summed E-state index contributed by atoms with van der Waals surface area (Å²) in [7, 11) is 0. The summed E-state index contributed by atoms with van der Waals surface area (Å²) in [6.07, 6.45) is 7.83. The van der Waals surface area contributed by atoms with Gasteiger partial charge in [0.2, 0.25) is 0 Å². The van der Waals surface area contributed by atoms with Crippen molar-refractivity contribution in [2.24, 2.45) is 0 Å². The Morgan fingerprint density at radius 2 is 1.95 bits per heavy atom. The highest BCUT2D eigenvalue weighted by Gasteiger charge is 2.02. The van der Waals surface area contributed by atoms with E-state index in [0.717, 1.165) is 27.5 Å². The molecule has 0 radical (unpaired) electrons. The third-order valence-corrected chi connectivity index (χ3v) is 4.13. The molecule has 0 atom stereocenters. The van der Waals surface area contributed by atoms with Gasteiger partial charge in [-0.2, -0.15) is 5.26 Å². The first-order chi connectivity index (χ1) is 10.3. The summed E-state index contributed by atoms with van der Waals surface area (Å²) < 4.78 is 5.67. The van der Waals surface area contributed by atoms with Crippen LogP contribution in [0.2, 0.25) is 0 Å². The molecule has 1 aromatic heterocycles. The third kappa shape index (κ3) is 4.77. The van der Waals surface area contributed by atoms with Crippen molar-refractivity contribution in [2.45, 2.75) is 26.2 Å². The Kier molecular flexibility index (Phi) is 6.05. The summed E-state index contributed by atoms with van der Waals surface area (Å²) in [5.74, 6) is 0.871. The molecule has 2 rings (SSSR count). The lowest BCUT2D eigenvalue weighted by Gasteiger charge is -2.04. The zero-order valence-corrected chi connectivity index (χ0v) is 13.0. The standard InChI is InChI=1S/C18H19NOS/c1-2-3-4-5-6-13-20-16-9-7-15(8-10-16)18-12-11-17(14-19)21-18/h5-12H,2-4,13H2,1H3/b6-5+. The van der Waals surface area contributed by atoms with Crippen LogP contribution in [-0.4, -0.2) is 6.61 Å². The number of hydrogen-bond acceptors (Lipinski definition) is 3. The maximum absolute atomic E-state index is 8.85. The van der Waals surface area contributed by atoms with Crippen molar-refractivity contribution >= 4 is 11.3 Å². The Morgan fingerprint density at radius 3 is 2.62 bits per heavy atom. The second-order valence-corrected chi connectivity index (χ2v) is 5.81. The minimum atomic E-state index is 0.612. The lowest BCUT2D eigenvalue weighted by molar-refractivity contribution is 0.362. The van der Waals surface area contributed by atoms with Gasteiger partial charge in [-0.3, -0.25) is 0 Å². The Bertz CT molecular complexity index is 619. The number of thiophene rings is 1. The molecular weight excluding hydrogens is 278 g/mol. The Balaban J connectivity index is 1.87. The number of unbranched alkanes of at least 4 members (excludes halogenated alkanes) is 2. The third-order valence-electron chi connectivity index (χ3n) is 3.09. The summed E-state index contributed by atoms with van der Waals surface area (Å²) in [4.78, 5) is 1.85. The van der Waals surface area contributed by atoms with Crippen LogP contribution in [0.3, 0.4) is 0 Å². The molecule has 0 N–H and O–H groups in total. The highest BCUT2D eigenvalue weighted by molar-refractivity contribution is 7.16. The predicted octanol–water partition coefficient (Wildman–Crippen LogP) is 5.41. The van der Waals surface area contributed by atoms with Gasteiger partial charge in [0.1, 0.15) is 23.3 Å². The lowest BCUT2D eigenvalue weighted by Crippen LogP contribution is -1.92. The van der Waals surface area contributed by atoms with Crippen molar-refractivity contribution < 1.29 is 4.74 Å².